The van der Waals surface area contributed by atoms with E-state index in [9.17, 15) is 4.79 Å². The molecule has 20 heavy (non-hydrogen) atoms. The van der Waals surface area contributed by atoms with Crippen LogP contribution in [0.5, 0.6) is 0 Å². The first-order chi connectivity index (χ1) is 9.72. The summed E-state index contributed by atoms with van der Waals surface area (Å²) in [6.07, 6.45) is 1.46. The van der Waals surface area contributed by atoms with Crippen molar-refractivity contribution < 1.29 is 9.53 Å². The fraction of sp³-hybridized carbons (Fsp3) is 0.500. The summed E-state index contributed by atoms with van der Waals surface area (Å²) in [5, 5.41) is 4.17. The number of aromatic nitrogens is 4. The lowest BCUT2D eigenvalue weighted by molar-refractivity contribution is -0.126. The van der Waals surface area contributed by atoms with Gasteiger partial charge in [-0.05, 0) is 6.92 Å². The minimum atomic E-state index is 0.117. The number of likely N-dealkylation sites (N-methyl/N-ethyl adjacent to an activating group) is 1. The van der Waals surface area contributed by atoms with E-state index in [0.29, 0.717) is 32.1 Å². The summed E-state index contributed by atoms with van der Waals surface area (Å²) in [4.78, 5) is 24.1. The van der Waals surface area contributed by atoms with Crippen LogP contribution in [0.3, 0.4) is 0 Å². The Morgan fingerprint density at radius 2 is 2.30 bits per heavy atom. The maximum absolute atomic E-state index is 11.9. The molecule has 1 amide bonds. The normalized spacial score (nSPS) is 15.6. The number of anilines is 1. The maximum atomic E-state index is 11.9. The summed E-state index contributed by atoms with van der Waals surface area (Å²) in [6.45, 7) is 3.97. The van der Waals surface area contributed by atoms with Crippen LogP contribution in [0, 0.1) is 0 Å². The van der Waals surface area contributed by atoms with Gasteiger partial charge in [0.1, 0.15) is 18.7 Å². The fourth-order valence-corrected chi connectivity index (χ4v) is 2.32. The molecular weight excluding hydrogens is 260 g/mol. The van der Waals surface area contributed by atoms with Gasteiger partial charge in [-0.1, -0.05) is 0 Å². The zero-order chi connectivity index (χ0) is 14.1. The molecule has 3 heterocycles. The zero-order valence-electron chi connectivity index (χ0n) is 11.5. The molecule has 1 aliphatic heterocycles. The van der Waals surface area contributed by atoms with Crippen molar-refractivity contribution in [2.24, 2.45) is 0 Å². The molecule has 1 saturated heterocycles. The molecule has 0 unspecified atom stereocenters. The number of hydrogen-bond donors (Lipinski definition) is 0. The number of hydrogen-bond acceptors (Lipinski definition) is 6. The minimum Gasteiger partial charge on any atom is -0.378 e. The predicted molar refractivity (Wildman–Crippen MR) is 71.1 cm³/mol. The number of amides is 1. The molecule has 0 aliphatic carbocycles. The van der Waals surface area contributed by atoms with Gasteiger partial charge >= 0.3 is 0 Å². The maximum Gasteiger partial charge on any atom is 0.254 e. The molecule has 1 aliphatic rings. The SMILES string of the molecule is CCN1CN(c2cc(COC)nc3ncnn23)CC1=O. The summed E-state index contributed by atoms with van der Waals surface area (Å²) in [5.74, 6) is 1.44. The number of fused-ring (bicyclic) bond motifs is 1. The van der Waals surface area contributed by atoms with Crippen molar-refractivity contribution in [1.82, 2.24) is 24.5 Å². The average Bonchev–Trinajstić information content (AvgIpc) is 3.04. The second-order valence-corrected chi connectivity index (χ2v) is 4.60. The third-order valence-electron chi connectivity index (χ3n) is 3.30. The van der Waals surface area contributed by atoms with E-state index < -0.39 is 0 Å². The zero-order valence-corrected chi connectivity index (χ0v) is 11.5. The van der Waals surface area contributed by atoms with Gasteiger partial charge in [-0.15, -0.1) is 0 Å². The van der Waals surface area contributed by atoms with E-state index in [1.807, 2.05) is 17.9 Å². The summed E-state index contributed by atoms with van der Waals surface area (Å²) in [6, 6.07) is 1.89. The number of carbonyl (C=O) groups excluding carboxylic acids is 1. The highest BCUT2D eigenvalue weighted by Crippen LogP contribution is 2.20. The van der Waals surface area contributed by atoms with E-state index in [0.717, 1.165) is 11.5 Å². The molecule has 0 bridgehead atoms. The van der Waals surface area contributed by atoms with E-state index in [1.54, 1.807) is 16.5 Å². The van der Waals surface area contributed by atoms with Gasteiger partial charge in [0.2, 0.25) is 5.91 Å². The van der Waals surface area contributed by atoms with E-state index in [4.69, 9.17) is 4.74 Å². The highest BCUT2D eigenvalue weighted by molar-refractivity contribution is 5.84. The first-order valence-corrected chi connectivity index (χ1v) is 6.44. The van der Waals surface area contributed by atoms with Gasteiger partial charge in [-0.2, -0.15) is 14.6 Å². The number of ether oxygens (including phenoxy) is 1. The van der Waals surface area contributed by atoms with Gasteiger partial charge in [0, 0.05) is 19.7 Å². The number of nitrogens with zero attached hydrogens (tertiary/aromatic N) is 6. The van der Waals surface area contributed by atoms with Crippen LogP contribution in [0.1, 0.15) is 12.6 Å². The van der Waals surface area contributed by atoms with E-state index in [-0.39, 0.29) is 5.91 Å². The lowest BCUT2D eigenvalue weighted by atomic mass is 10.4. The van der Waals surface area contributed by atoms with E-state index >= 15 is 0 Å². The Labute approximate surface area is 116 Å². The highest BCUT2D eigenvalue weighted by Gasteiger charge is 2.28. The van der Waals surface area contributed by atoms with Crippen molar-refractivity contribution >= 4 is 17.5 Å². The Morgan fingerprint density at radius 1 is 1.45 bits per heavy atom. The van der Waals surface area contributed by atoms with Crippen molar-refractivity contribution in [3.05, 3.63) is 18.1 Å². The quantitative estimate of drug-likeness (QED) is 0.776. The monoisotopic (exact) mass is 276 g/mol. The van der Waals surface area contributed by atoms with Crippen LogP contribution in [-0.4, -0.2) is 57.3 Å². The number of rotatable bonds is 4. The van der Waals surface area contributed by atoms with Crippen LogP contribution < -0.4 is 4.90 Å². The van der Waals surface area contributed by atoms with Crippen molar-refractivity contribution in [3.63, 3.8) is 0 Å². The van der Waals surface area contributed by atoms with Gasteiger partial charge in [0.05, 0.1) is 19.0 Å². The van der Waals surface area contributed by atoms with Crippen molar-refractivity contribution in [2.45, 2.75) is 13.5 Å². The van der Waals surface area contributed by atoms with Crippen LogP contribution in [0.15, 0.2) is 12.4 Å². The van der Waals surface area contributed by atoms with Gasteiger partial charge in [-0.25, -0.2) is 4.98 Å². The fourth-order valence-electron chi connectivity index (χ4n) is 2.32. The molecule has 0 N–H and O–H groups in total. The minimum absolute atomic E-state index is 0.117. The number of methoxy groups -OCH3 is 1. The second kappa shape index (κ2) is 5.04. The molecule has 3 rings (SSSR count). The third kappa shape index (κ3) is 2.07. The smallest absolute Gasteiger partial charge is 0.254 e. The second-order valence-electron chi connectivity index (χ2n) is 4.60. The van der Waals surface area contributed by atoms with E-state index in [1.165, 1.54) is 6.33 Å². The largest absolute Gasteiger partial charge is 0.378 e. The molecule has 0 radical (unpaired) electrons. The van der Waals surface area contributed by atoms with Crippen LogP contribution in [0.2, 0.25) is 0 Å². The molecule has 0 atom stereocenters. The Bertz CT molecular complexity index is 640. The first kappa shape index (κ1) is 12.8. The molecule has 0 spiro atoms. The average molecular weight is 276 g/mol. The standard InChI is InChI=1S/C12H16N6O2/c1-3-16-8-17(5-11(16)19)10-4-9(6-20-2)15-12-13-7-14-18(10)12/h4,7H,3,5-6,8H2,1-2H3. The lowest BCUT2D eigenvalue weighted by Gasteiger charge is -2.19. The van der Waals surface area contributed by atoms with Crippen molar-refractivity contribution in [3.8, 4) is 0 Å². The van der Waals surface area contributed by atoms with Crippen LogP contribution >= 0.6 is 0 Å². The molecule has 8 heteroatoms. The summed E-state index contributed by atoms with van der Waals surface area (Å²) < 4.78 is 6.76. The molecule has 0 saturated carbocycles. The topological polar surface area (TPSA) is 75.9 Å². The lowest BCUT2D eigenvalue weighted by Crippen LogP contribution is -2.27. The molecule has 8 nitrogen and oxygen atoms in total. The Kier molecular flexibility index (Phi) is 3.23. The van der Waals surface area contributed by atoms with Gasteiger partial charge in [-0.3, -0.25) is 4.79 Å². The van der Waals surface area contributed by atoms with Crippen LogP contribution in [0.4, 0.5) is 5.82 Å². The van der Waals surface area contributed by atoms with Gasteiger partial charge < -0.3 is 14.5 Å². The first-order valence-electron chi connectivity index (χ1n) is 6.44. The Balaban J connectivity index is 2.01. The van der Waals surface area contributed by atoms with Gasteiger partial charge in [0.25, 0.3) is 5.78 Å². The molecule has 0 aromatic carbocycles. The van der Waals surface area contributed by atoms with Crippen LogP contribution in [-0.2, 0) is 16.1 Å². The van der Waals surface area contributed by atoms with Crippen molar-refractivity contribution in [2.75, 3.05) is 31.8 Å². The van der Waals surface area contributed by atoms with E-state index in [2.05, 4.69) is 15.1 Å². The number of carbonyl (C=O) groups is 1. The molecule has 1 fully saturated rings. The molecular formula is C12H16N6O2. The molecule has 2 aromatic heterocycles. The van der Waals surface area contributed by atoms with Crippen LogP contribution in [0.25, 0.3) is 5.78 Å². The third-order valence-corrected chi connectivity index (χ3v) is 3.30. The Morgan fingerprint density at radius 3 is 3.00 bits per heavy atom. The summed E-state index contributed by atoms with van der Waals surface area (Å²) >= 11 is 0. The Hall–Kier alpha value is -2.22. The van der Waals surface area contributed by atoms with Gasteiger partial charge in [0.15, 0.2) is 0 Å². The molecule has 2 aromatic rings. The summed E-state index contributed by atoms with van der Waals surface area (Å²) in [7, 11) is 1.62. The van der Waals surface area contributed by atoms with Crippen molar-refractivity contribution in [1.29, 1.82) is 0 Å². The predicted octanol–water partition coefficient (Wildman–Crippen LogP) is -0.103. The molecule has 106 valence electrons. The highest BCUT2D eigenvalue weighted by atomic mass is 16.5. The summed E-state index contributed by atoms with van der Waals surface area (Å²) in [5.41, 5.74) is 0.769.